The molecule has 37 heavy (non-hydrogen) atoms. The SMILES string of the molecule is CCCCc1nc(O)c(-c2nnc(CC(=O)N3CCNC(=O)C3)o2)c(O)c1-c1c(OC)cccc1OC. The van der Waals surface area contributed by atoms with Gasteiger partial charge >= 0.3 is 0 Å². The van der Waals surface area contributed by atoms with Gasteiger partial charge in [0.2, 0.25) is 23.6 Å². The lowest BCUT2D eigenvalue weighted by atomic mass is 9.95. The number of carbonyl (C=O) groups excluding carboxylic acids is 2. The maximum Gasteiger partial charge on any atom is 0.257 e. The molecule has 3 heterocycles. The summed E-state index contributed by atoms with van der Waals surface area (Å²) in [4.78, 5) is 29.9. The molecule has 1 fully saturated rings. The zero-order chi connectivity index (χ0) is 26.5. The van der Waals surface area contributed by atoms with Crippen molar-refractivity contribution in [3.05, 3.63) is 29.8 Å². The minimum absolute atomic E-state index is 0.0312. The molecule has 0 spiro atoms. The normalized spacial score (nSPS) is 13.4. The average Bonchev–Trinajstić information content (AvgIpc) is 3.34. The Morgan fingerprint density at radius 2 is 1.86 bits per heavy atom. The van der Waals surface area contributed by atoms with Crippen LogP contribution in [0.25, 0.3) is 22.6 Å². The van der Waals surface area contributed by atoms with E-state index < -0.39 is 5.88 Å². The van der Waals surface area contributed by atoms with Gasteiger partial charge < -0.3 is 34.3 Å². The molecule has 0 bridgehead atoms. The second-order valence-electron chi connectivity index (χ2n) is 8.46. The Hall–Kier alpha value is -4.35. The molecule has 2 amide bonds. The van der Waals surface area contributed by atoms with Gasteiger partial charge in [-0.25, -0.2) is 4.98 Å². The molecule has 1 aromatic carbocycles. The molecule has 1 aliphatic rings. The van der Waals surface area contributed by atoms with E-state index >= 15 is 0 Å². The molecule has 12 heteroatoms. The second-order valence-corrected chi connectivity index (χ2v) is 8.46. The Morgan fingerprint density at radius 1 is 1.14 bits per heavy atom. The topological polar surface area (TPSA) is 160 Å². The quantitative estimate of drug-likeness (QED) is 0.388. The highest BCUT2D eigenvalue weighted by atomic mass is 16.5. The van der Waals surface area contributed by atoms with Crippen molar-refractivity contribution in [1.82, 2.24) is 25.4 Å². The number of benzene rings is 1. The fraction of sp³-hybridized carbons (Fsp3) is 0.400. The highest BCUT2D eigenvalue weighted by Crippen LogP contribution is 2.49. The minimum Gasteiger partial charge on any atom is -0.506 e. The van der Waals surface area contributed by atoms with Crippen molar-refractivity contribution in [2.24, 2.45) is 0 Å². The lowest BCUT2D eigenvalue weighted by molar-refractivity contribution is -0.137. The zero-order valence-corrected chi connectivity index (χ0v) is 20.9. The number of aromatic hydroxyl groups is 2. The van der Waals surface area contributed by atoms with Gasteiger partial charge in [-0.1, -0.05) is 19.4 Å². The first-order valence-electron chi connectivity index (χ1n) is 11.9. The van der Waals surface area contributed by atoms with Gasteiger partial charge in [-0.2, -0.15) is 0 Å². The van der Waals surface area contributed by atoms with Gasteiger partial charge in [0.05, 0.1) is 37.6 Å². The predicted molar refractivity (Wildman–Crippen MR) is 131 cm³/mol. The van der Waals surface area contributed by atoms with Crippen molar-refractivity contribution in [2.75, 3.05) is 33.9 Å². The van der Waals surface area contributed by atoms with Gasteiger partial charge in [0, 0.05) is 13.1 Å². The molecule has 0 radical (unpaired) electrons. The van der Waals surface area contributed by atoms with Crippen LogP contribution in [-0.2, 0) is 22.4 Å². The number of piperazine rings is 1. The fourth-order valence-electron chi connectivity index (χ4n) is 4.21. The largest absolute Gasteiger partial charge is 0.506 e. The van der Waals surface area contributed by atoms with Crippen LogP contribution in [0.2, 0.25) is 0 Å². The molecule has 12 nitrogen and oxygen atoms in total. The van der Waals surface area contributed by atoms with Crippen LogP contribution in [0, 0.1) is 0 Å². The number of carbonyl (C=O) groups is 2. The van der Waals surface area contributed by atoms with E-state index in [4.69, 9.17) is 13.9 Å². The van der Waals surface area contributed by atoms with E-state index in [1.54, 1.807) is 18.2 Å². The van der Waals surface area contributed by atoms with Crippen molar-refractivity contribution in [3.8, 4) is 45.7 Å². The molecule has 0 unspecified atom stereocenters. The molecule has 4 rings (SSSR count). The van der Waals surface area contributed by atoms with Crippen molar-refractivity contribution in [1.29, 1.82) is 0 Å². The third kappa shape index (κ3) is 5.27. The Kier molecular flexibility index (Phi) is 7.75. The average molecular weight is 512 g/mol. The number of hydrogen-bond donors (Lipinski definition) is 3. The zero-order valence-electron chi connectivity index (χ0n) is 20.9. The van der Waals surface area contributed by atoms with Crippen LogP contribution in [0.15, 0.2) is 22.6 Å². The molecule has 0 saturated carbocycles. The van der Waals surface area contributed by atoms with E-state index in [1.165, 1.54) is 19.1 Å². The van der Waals surface area contributed by atoms with Crippen LogP contribution in [0.4, 0.5) is 0 Å². The standard InChI is InChI=1S/C25H29N5O7/c1-4-5-7-14-20(21-15(35-2)8-6-9-16(21)36-3)23(33)22(24(34)27-14)25-29-28-18(37-25)12-19(32)30-11-10-26-17(31)13-30/h6,8-9H,4-5,7,10-13H2,1-3H3,(H,26,31)(H2,27,33,34). The molecular formula is C25H29N5O7. The van der Waals surface area contributed by atoms with E-state index in [0.29, 0.717) is 47.8 Å². The number of pyridine rings is 1. The van der Waals surface area contributed by atoms with E-state index in [0.717, 1.165) is 12.8 Å². The number of amides is 2. The van der Waals surface area contributed by atoms with Crippen LogP contribution in [0.5, 0.6) is 23.1 Å². The first-order valence-corrected chi connectivity index (χ1v) is 11.9. The number of hydrogen-bond acceptors (Lipinski definition) is 10. The number of nitrogens with zero attached hydrogens (tertiary/aromatic N) is 4. The number of aromatic nitrogens is 3. The second kappa shape index (κ2) is 11.1. The number of ether oxygens (including phenoxy) is 2. The third-order valence-electron chi connectivity index (χ3n) is 6.05. The van der Waals surface area contributed by atoms with Crippen LogP contribution in [0.3, 0.4) is 0 Å². The molecule has 3 N–H and O–H groups in total. The summed E-state index contributed by atoms with van der Waals surface area (Å²) in [7, 11) is 3.01. The van der Waals surface area contributed by atoms with Gasteiger partial charge in [0.15, 0.2) is 0 Å². The fourth-order valence-corrected chi connectivity index (χ4v) is 4.21. The predicted octanol–water partition coefficient (Wildman–Crippen LogP) is 2.07. The summed E-state index contributed by atoms with van der Waals surface area (Å²) in [5.41, 5.74) is 1.04. The summed E-state index contributed by atoms with van der Waals surface area (Å²) < 4.78 is 16.7. The Bertz CT molecular complexity index is 1280. The van der Waals surface area contributed by atoms with Gasteiger partial charge in [-0.15, -0.1) is 10.2 Å². The maximum absolute atomic E-state index is 12.6. The summed E-state index contributed by atoms with van der Waals surface area (Å²) >= 11 is 0. The van der Waals surface area contributed by atoms with Gasteiger partial charge in [0.1, 0.15) is 29.2 Å². The molecule has 2 aromatic heterocycles. The highest BCUT2D eigenvalue weighted by Gasteiger charge is 2.29. The lowest BCUT2D eigenvalue weighted by Gasteiger charge is -2.26. The third-order valence-corrected chi connectivity index (χ3v) is 6.05. The molecule has 196 valence electrons. The lowest BCUT2D eigenvalue weighted by Crippen LogP contribution is -2.50. The maximum atomic E-state index is 12.6. The Morgan fingerprint density at radius 3 is 2.51 bits per heavy atom. The van der Waals surface area contributed by atoms with Gasteiger partial charge in [-0.05, 0) is 25.0 Å². The smallest absolute Gasteiger partial charge is 0.257 e. The van der Waals surface area contributed by atoms with E-state index in [9.17, 15) is 19.8 Å². The van der Waals surface area contributed by atoms with Crippen LogP contribution >= 0.6 is 0 Å². The molecule has 3 aromatic rings. The molecule has 1 saturated heterocycles. The number of methoxy groups -OCH3 is 2. The first-order chi connectivity index (χ1) is 17.9. The van der Waals surface area contributed by atoms with E-state index in [1.807, 2.05) is 6.92 Å². The van der Waals surface area contributed by atoms with Crippen molar-refractivity contribution >= 4 is 11.8 Å². The number of nitrogens with one attached hydrogen (secondary N) is 1. The van der Waals surface area contributed by atoms with Crippen LogP contribution < -0.4 is 14.8 Å². The monoisotopic (exact) mass is 511 g/mol. The molecular weight excluding hydrogens is 482 g/mol. The number of aryl methyl sites for hydroxylation is 1. The van der Waals surface area contributed by atoms with Crippen molar-refractivity contribution < 1.29 is 33.7 Å². The minimum atomic E-state index is -0.490. The van der Waals surface area contributed by atoms with Crippen molar-refractivity contribution in [2.45, 2.75) is 32.6 Å². The number of rotatable bonds is 9. The molecule has 0 aliphatic carbocycles. The Balaban J connectivity index is 1.76. The van der Waals surface area contributed by atoms with Gasteiger partial charge in [-0.3, -0.25) is 9.59 Å². The van der Waals surface area contributed by atoms with Crippen LogP contribution in [0.1, 0.15) is 31.4 Å². The Labute approximate surface area is 213 Å². The summed E-state index contributed by atoms with van der Waals surface area (Å²) in [6.07, 6.45) is 1.86. The number of unbranched alkanes of at least 4 members (excludes halogenated alkanes) is 1. The van der Waals surface area contributed by atoms with E-state index in [-0.39, 0.29) is 47.9 Å². The molecule has 1 aliphatic heterocycles. The van der Waals surface area contributed by atoms with E-state index in [2.05, 4.69) is 20.5 Å². The van der Waals surface area contributed by atoms with Crippen molar-refractivity contribution in [3.63, 3.8) is 0 Å². The van der Waals surface area contributed by atoms with Crippen LogP contribution in [-0.4, -0.2) is 76.0 Å². The van der Waals surface area contributed by atoms with Gasteiger partial charge in [0.25, 0.3) is 5.89 Å². The summed E-state index contributed by atoms with van der Waals surface area (Å²) in [5.74, 6) is -0.789. The summed E-state index contributed by atoms with van der Waals surface area (Å²) in [5, 5.41) is 32.8. The summed E-state index contributed by atoms with van der Waals surface area (Å²) in [6.45, 7) is 2.72. The molecule has 0 atom stereocenters. The first kappa shape index (κ1) is 25.7. The highest BCUT2D eigenvalue weighted by molar-refractivity contribution is 5.89. The summed E-state index contributed by atoms with van der Waals surface area (Å²) in [6, 6.07) is 5.21.